The second-order valence-electron chi connectivity index (χ2n) is 9.32. The summed E-state index contributed by atoms with van der Waals surface area (Å²) < 4.78 is 6.32. The molecule has 5 nitrogen and oxygen atoms in total. The van der Waals surface area contributed by atoms with Gasteiger partial charge in [0.1, 0.15) is 6.10 Å². The zero-order valence-corrected chi connectivity index (χ0v) is 20.7. The molecule has 0 fully saturated rings. The summed E-state index contributed by atoms with van der Waals surface area (Å²) in [5, 5.41) is 7.71. The third-order valence-corrected chi connectivity index (χ3v) is 10.3. The van der Waals surface area contributed by atoms with Crippen molar-refractivity contribution in [2.24, 2.45) is 5.16 Å². The molecule has 166 valence electrons. The molecule has 1 rings (SSSR count). The van der Waals surface area contributed by atoms with Crippen molar-refractivity contribution in [1.29, 1.82) is 0 Å². The molecular formula is C23H43N3O2Si. The fourth-order valence-corrected chi connectivity index (χ4v) is 3.69. The van der Waals surface area contributed by atoms with Crippen LogP contribution in [0.1, 0.15) is 45.6 Å². The molecule has 0 aromatic heterocycles. The Hall–Kier alpha value is -1.21. The van der Waals surface area contributed by atoms with E-state index in [-0.39, 0.29) is 11.1 Å². The minimum atomic E-state index is -1.68. The van der Waals surface area contributed by atoms with Crippen molar-refractivity contribution in [3.8, 4) is 0 Å². The van der Waals surface area contributed by atoms with Crippen molar-refractivity contribution in [2.45, 2.75) is 64.3 Å². The van der Waals surface area contributed by atoms with E-state index in [1.807, 2.05) is 37.4 Å². The van der Waals surface area contributed by atoms with Crippen LogP contribution in [-0.4, -0.2) is 65.9 Å². The lowest BCUT2D eigenvalue weighted by Gasteiger charge is -2.36. The van der Waals surface area contributed by atoms with E-state index in [9.17, 15) is 0 Å². The smallest absolute Gasteiger partial charge is 0.191 e. The molecule has 0 spiro atoms. The van der Waals surface area contributed by atoms with Crippen LogP contribution in [0.5, 0.6) is 0 Å². The number of nitrogens with zero attached hydrogens (tertiary/aromatic N) is 2. The van der Waals surface area contributed by atoms with Gasteiger partial charge in [-0.2, -0.15) is 0 Å². The van der Waals surface area contributed by atoms with Crippen molar-refractivity contribution in [1.82, 2.24) is 10.2 Å². The molecule has 0 aliphatic carbocycles. The monoisotopic (exact) mass is 421 g/mol. The standard InChI is InChI=1S/C23H43N3O2Si/c1-23(2,3)29(6,7)27-19-11-14-22(15-17-26(5)18-16-24-4)28-25-20-21-12-9-8-10-13-21/h8-10,12-13,20,22,24H,11,14-19H2,1-7H3/b25-20+. The SMILES string of the molecule is CNCCN(C)CCC(CCCO[Si](C)(C)C(C)(C)C)O/N=C/c1ccccc1. The molecule has 0 bridgehead atoms. The molecule has 1 aromatic rings. The van der Waals surface area contributed by atoms with Crippen LogP contribution in [0.15, 0.2) is 35.5 Å². The van der Waals surface area contributed by atoms with E-state index in [2.05, 4.69) is 56.3 Å². The molecule has 0 aliphatic rings. The van der Waals surface area contributed by atoms with Crippen LogP contribution >= 0.6 is 0 Å². The summed E-state index contributed by atoms with van der Waals surface area (Å²) in [6, 6.07) is 10.1. The Labute approximate surface area is 180 Å². The number of hydrogen-bond acceptors (Lipinski definition) is 5. The minimum Gasteiger partial charge on any atom is -0.417 e. The fourth-order valence-electron chi connectivity index (χ4n) is 2.60. The van der Waals surface area contributed by atoms with E-state index in [0.29, 0.717) is 0 Å². The molecule has 1 atom stereocenters. The van der Waals surface area contributed by atoms with Gasteiger partial charge in [-0.1, -0.05) is 56.3 Å². The van der Waals surface area contributed by atoms with Crippen LogP contribution in [0.25, 0.3) is 0 Å². The van der Waals surface area contributed by atoms with Crippen molar-refractivity contribution in [3.63, 3.8) is 0 Å². The first-order chi connectivity index (χ1) is 13.7. The van der Waals surface area contributed by atoms with Crippen molar-refractivity contribution < 1.29 is 9.26 Å². The molecule has 0 saturated heterocycles. The number of likely N-dealkylation sites (N-methyl/N-ethyl adjacent to an activating group) is 2. The van der Waals surface area contributed by atoms with Gasteiger partial charge in [0.15, 0.2) is 8.32 Å². The lowest BCUT2D eigenvalue weighted by Crippen LogP contribution is -2.41. The summed E-state index contributed by atoms with van der Waals surface area (Å²) >= 11 is 0. The summed E-state index contributed by atoms with van der Waals surface area (Å²) in [7, 11) is 2.46. The van der Waals surface area contributed by atoms with Crippen LogP contribution in [-0.2, 0) is 9.26 Å². The van der Waals surface area contributed by atoms with E-state index in [1.54, 1.807) is 6.21 Å². The lowest BCUT2D eigenvalue weighted by atomic mass is 10.1. The van der Waals surface area contributed by atoms with Crippen molar-refractivity contribution in [3.05, 3.63) is 35.9 Å². The maximum absolute atomic E-state index is 6.32. The summed E-state index contributed by atoms with van der Waals surface area (Å²) in [6.07, 6.45) is 4.82. The van der Waals surface area contributed by atoms with Crippen LogP contribution in [0.2, 0.25) is 18.1 Å². The Balaban J connectivity index is 2.52. The first-order valence-corrected chi connectivity index (χ1v) is 13.8. The number of oxime groups is 1. The van der Waals surface area contributed by atoms with E-state index < -0.39 is 8.32 Å². The molecule has 29 heavy (non-hydrogen) atoms. The Morgan fingerprint density at radius 1 is 1.14 bits per heavy atom. The van der Waals surface area contributed by atoms with Gasteiger partial charge in [-0.25, -0.2) is 0 Å². The summed E-state index contributed by atoms with van der Waals surface area (Å²) in [6.45, 7) is 15.3. The first-order valence-electron chi connectivity index (χ1n) is 10.9. The molecule has 0 saturated carbocycles. The van der Waals surface area contributed by atoms with Gasteiger partial charge in [-0.05, 0) is 57.1 Å². The van der Waals surface area contributed by atoms with E-state index in [0.717, 1.165) is 51.1 Å². The molecule has 0 heterocycles. The molecule has 0 amide bonds. The van der Waals surface area contributed by atoms with Gasteiger partial charge in [0.25, 0.3) is 0 Å². The second-order valence-corrected chi connectivity index (χ2v) is 14.1. The Morgan fingerprint density at radius 3 is 2.45 bits per heavy atom. The van der Waals surface area contributed by atoms with Gasteiger partial charge < -0.3 is 19.5 Å². The molecule has 6 heteroatoms. The lowest BCUT2D eigenvalue weighted by molar-refractivity contribution is 0.0376. The van der Waals surface area contributed by atoms with Gasteiger partial charge >= 0.3 is 0 Å². The highest BCUT2D eigenvalue weighted by Gasteiger charge is 2.36. The average molecular weight is 422 g/mol. The third-order valence-electron chi connectivity index (χ3n) is 5.73. The molecule has 1 unspecified atom stereocenters. The number of nitrogens with one attached hydrogen (secondary N) is 1. The summed E-state index contributed by atoms with van der Waals surface area (Å²) in [4.78, 5) is 8.22. The minimum absolute atomic E-state index is 0.106. The highest BCUT2D eigenvalue weighted by atomic mass is 28.4. The number of hydrogen-bond donors (Lipinski definition) is 1. The van der Waals surface area contributed by atoms with Crippen molar-refractivity contribution in [2.75, 3.05) is 40.3 Å². The normalized spacial score (nSPS) is 13.9. The predicted octanol–water partition coefficient (Wildman–Crippen LogP) is 4.75. The topological polar surface area (TPSA) is 46.1 Å². The number of benzene rings is 1. The molecular weight excluding hydrogens is 378 g/mol. The zero-order chi connectivity index (χ0) is 21.8. The second kappa shape index (κ2) is 13.2. The molecule has 0 radical (unpaired) electrons. The average Bonchev–Trinajstić information content (AvgIpc) is 2.67. The maximum Gasteiger partial charge on any atom is 0.191 e. The quantitative estimate of drug-likeness (QED) is 0.204. The zero-order valence-electron chi connectivity index (χ0n) is 19.7. The van der Waals surface area contributed by atoms with Gasteiger partial charge in [0, 0.05) is 26.2 Å². The van der Waals surface area contributed by atoms with Crippen LogP contribution in [0.3, 0.4) is 0 Å². The Morgan fingerprint density at radius 2 is 1.83 bits per heavy atom. The predicted molar refractivity (Wildman–Crippen MR) is 127 cm³/mol. The maximum atomic E-state index is 6.32. The van der Waals surface area contributed by atoms with E-state index in [1.165, 1.54) is 0 Å². The third kappa shape index (κ3) is 10.9. The van der Waals surface area contributed by atoms with Crippen LogP contribution in [0, 0.1) is 0 Å². The summed E-state index contributed by atoms with van der Waals surface area (Å²) in [5.41, 5.74) is 1.05. The Kier molecular flexibility index (Phi) is 11.7. The molecule has 1 aromatic carbocycles. The van der Waals surface area contributed by atoms with Crippen LogP contribution in [0.4, 0.5) is 0 Å². The largest absolute Gasteiger partial charge is 0.417 e. The highest BCUT2D eigenvalue weighted by molar-refractivity contribution is 6.74. The van der Waals surface area contributed by atoms with E-state index in [4.69, 9.17) is 9.26 Å². The molecule has 1 N–H and O–H groups in total. The van der Waals surface area contributed by atoms with Gasteiger partial charge in [-0.15, -0.1) is 0 Å². The van der Waals surface area contributed by atoms with E-state index >= 15 is 0 Å². The van der Waals surface area contributed by atoms with Crippen LogP contribution < -0.4 is 5.32 Å². The number of rotatable bonds is 14. The molecule has 0 aliphatic heterocycles. The fraction of sp³-hybridized carbons (Fsp3) is 0.696. The van der Waals surface area contributed by atoms with Gasteiger partial charge in [0.2, 0.25) is 0 Å². The van der Waals surface area contributed by atoms with Gasteiger partial charge in [-0.3, -0.25) is 0 Å². The van der Waals surface area contributed by atoms with Gasteiger partial charge in [0.05, 0.1) is 6.21 Å². The Bertz CT molecular complexity index is 573. The van der Waals surface area contributed by atoms with Crippen molar-refractivity contribution >= 4 is 14.5 Å². The summed E-state index contributed by atoms with van der Waals surface area (Å²) in [5.74, 6) is 0. The highest BCUT2D eigenvalue weighted by Crippen LogP contribution is 2.36. The first kappa shape index (κ1) is 25.8.